The van der Waals surface area contributed by atoms with Crippen molar-refractivity contribution in [2.75, 3.05) is 6.61 Å². The summed E-state index contributed by atoms with van der Waals surface area (Å²) in [5, 5.41) is 10.6. The number of sulfone groups is 1. The van der Waals surface area contributed by atoms with E-state index in [9.17, 15) is 17.9 Å². The number of hydrogen-bond donors (Lipinski definition) is 1. The van der Waals surface area contributed by atoms with Gasteiger partial charge in [-0.3, -0.25) is 0 Å². The molecule has 3 rings (SSSR count). The lowest BCUT2D eigenvalue weighted by Crippen LogP contribution is -2.52. The first-order valence-corrected chi connectivity index (χ1v) is 16.3. The Kier molecular flexibility index (Phi) is 7.90. The zero-order chi connectivity index (χ0) is 26.4. The first-order valence-electron chi connectivity index (χ1n) is 11.5. The number of hydrogen-bond acceptors (Lipinski definition) is 4. The molecule has 0 heterocycles. The molecule has 4 nitrogen and oxygen atoms in total. The molecule has 0 bridgehead atoms. The van der Waals surface area contributed by atoms with Gasteiger partial charge in [0.15, 0.2) is 29.8 Å². The van der Waals surface area contributed by atoms with Crippen molar-refractivity contribution in [2.45, 2.75) is 73.9 Å². The summed E-state index contributed by atoms with van der Waals surface area (Å²) in [5.74, 6) is -5.08. The molecular weight excluding hydrogens is 517 g/mol. The molecule has 0 radical (unpaired) electrons. The average Bonchev–Trinajstić information content (AvgIpc) is 2.75. The molecule has 3 atom stereocenters. The van der Waals surface area contributed by atoms with E-state index in [2.05, 4.69) is 0 Å². The largest absolute Gasteiger partial charge is 0.416 e. The van der Waals surface area contributed by atoms with Crippen LogP contribution < -0.4 is 0 Å². The Bertz CT molecular complexity index is 1180. The molecule has 1 N–H and O–H groups in total. The molecule has 0 spiro atoms. The molecule has 0 unspecified atom stereocenters. The Hall–Kier alpha value is -1.39. The molecule has 10 heteroatoms. The van der Waals surface area contributed by atoms with E-state index in [1.807, 2.05) is 33.9 Å². The molecule has 1 fully saturated rings. The van der Waals surface area contributed by atoms with Crippen molar-refractivity contribution in [3.63, 3.8) is 0 Å². The fraction of sp³-hybridized carbons (Fsp3) is 0.520. The SMILES string of the molecule is CC(C)(C)[Si](C)(C)OC[C@@H]1C[C@@H](O)CC[C@@]1(c1c(F)ccc(F)c1F)S(=O)(=O)c1ccc(Cl)cc1. The van der Waals surface area contributed by atoms with Crippen LogP contribution >= 0.6 is 11.6 Å². The third-order valence-electron chi connectivity index (χ3n) is 7.59. The first kappa shape index (κ1) is 28.2. The van der Waals surface area contributed by atoms with Crippen LogP contribution in [0, 0.1) is 23.4 Å². The molecule has 0 amide bonds. The van der Waals surface area contributed by atoms with Crippen LogP contribution in [0.4, 0.5) is 13.2 Å². The van der Waals surface area contributed by atoms with Gasteiger partial charge in [-0.15, -0.1) is 0 Å². The second-order valence-corrected chi connectivity index (χ2v) is 18.2. The molecule has 194 valence electrons. The molecule has 35 heavy (non-hydrogen) atoms. The molecular formula is C25H32ClF3O4SSi. The Morgan fingerprint density at radius 2 is 1.66 bits per heavy atom. The van der Waals surface area contributed by atoms with Gasteiger partial charge in [-0.2, -0.15) is 0 Å². The number of halogens is 4. The highest BCUT2D eigenvalue weighted by atomic mass is 35.5. The summed E-state index contributed by atoms with van der Waals surface area (Å²) in [5.41, 5.74) is -0.844. The van der Waals surface area contributed by atoms with Gasteiger partial charge in [0.1, 0.15) is 10.6 Å². The number of aliphatic hydroxyl groups excluding tert-OH is 1. The summed E-state index contributed by atoms with van der Waals surface area (Å²) in [4.78, 5) is -0.196. The molecule has 1 saturated carbocycles. The minimum absolute atomic E-state index is 0.0290. The van der Waals surface area contributed by atoms with Gasteiger partial charge in [0.05, 0.1) is 11.0 Å². The van der Waals surface area contributed by atoms with Gasteiger partial charge < -0.3 is 9.53 Å². The summed E-state index contributed by atoms with van der Waals surface area (Å²) in [7, 11) is -6.93. The van der Waals surface area contributed by atoms with Crippen LogP contribution in [-0.4, -0.2) is 34.6 Å². The highest BCUT2D eigenvalue weighted by molar-refractivity contribution is 7.92. The van der Waals surface area contributed by atoms with E-state index in [0.29, 0.717) is 6.07 Å². The lowest BCUT2D eigenvalue weighted by Gasteiger charge is -2.47. The van der Waals surface area contributed by atoms with E-state index in [4.69, 9.17) is 16.0 Å². The number of benzene rings is 2. The molecule has 0 aromatic heterocycles. The van der Waals surface area contributed by atoms with Crippen LogP contribution in [0.2, 0.25) is 23.2 Å². The van der Waals surface area contributed by atoms with Crippen molar-refractivity contribution >= 4 is 29.8 Å². The van der Waals surface area contributed by atoms with Crippen molar-refractivity contribution < 1.29 is 31.1 Å². The molecule has 1 aliphatic rings. The zero-order valence-electron chi connectivity index (χ0n) is 20.5. The highest BCUT2D eigenvalue weighted by Crippen LogP contribution is 2.53. The average molecular weight is 549 g/mol. The van der Waals surface area contributed by atoms with E-state index in [0.717, 1.165) is 6.07 Å². The van der Waals surface area contributed by atoms with E-state index >= 15 is 8.78 Å². The van der Waals surface area contributed by atoms with E-state index in [1.165, 1.54) is 24.3 Å². The lowest BCUT2D eigenvalue weighted by molar-refractivity contribution is 0.0498. The van der Waals surface area contributed by atoms with E-state index in [-0.39, 0.29) is 40.8 Å². The summed E-state index contributed by atoms with van der Waals surface area (Å²) in [6, 6.07) is 6.66. The van der Waals surface area contributed by atoms with Crippen LogP contribution in [0.5, 0.6) is 0 Å². The fourth-order valence-corrected chi connectivity index (χ4v) is 8.04. The third-order valence-corrected chi connectivity index (χ3v) is 14.9. The van der Waals surface area contributed by atoms with Crippen LogP contribution in [0.15, 0.2) is 41.3 Å². The van der Waals surface area contributed by atoms with Gasteiger partial charge in [-0.1, -0.05) is 32.4 Å². The van der Waals surface area contributed by atoms with E-state index in [1.54, 1.807) is 0 Å². The van der Waals surface area contributed by atoms with Crippen LogP contribution in [0.1, 0.15) is 45.6 Å². The molecule has 0 saturated heterocycles. The molecule has 2 aromatic carbocycles. The van der Waals surface area contributed by atoms with Crippen molar-refractivity contribution in [3.05, 3.63) is 64.4 Å². The minimum Gasteiger partial charge on any atom is -0.416 e. The molecule has 1 aliphatic carbocycles. The van der Waals surface area contributed by atoms with Crippen molar-refractivity contribution in [1.29, 1.82) is 0 Å². The Morgan fingerprint density at radius 1 is 1.09 bits per heavy atom. The van der Waals surface area contributed by atoms with Gasteiger partial charge in [0, 0.05) is 23.1 Å². The van der Waals surface area contributed by atoms with Crippen LogP contribution in [0.25, 0.3) is 0 Å². The molecule has 0 aliphatic heterocycles. The lowest BCUT2D eigenvalue weighted by atomic mass is 9.73. The topological polar surface area (TPSA) is 63.6 Å². The number of aliphatic hydroxyl groups is 1. The van der Waals surface area contributed by atoms with Crippen molar-refractivity contribution in [1.82, 2.24) is 0 Å². The predicted octanol–water partition coefficient (Wildman–Crippen LogP) is 6.61. The van der Waals surface area contributed by atoms with Gasteiger partial charge in [-0.25, -0.2) is 21.6 Å². The summed E-state index contributed by atoms with van der Waals surface area (Å²) in [6.07, 6.45) is -1.30. The summed E-state index contributed by atoms with van der Waals surface area (Å²) < 4.78 is 77.7. The Morgan fingerprint density at radius 3 is 2.23 bits per heavy atom. The monoisotopic (exact) mass is 548 g/mol. The highest BCUT2D eigenvalue weighted by Gasteiger charge is 2.58. The van der Waals surface area contributed by atoms with E-state index < -0.39 is 57.9 Å². The predicted molar refractivity (Wildman–Crippen MR) is 133 cm³/mol. The maximum Gasteiger partial charge on any atom is 0.191 e. The van der Waals surface area contributed by atoms with Crippen LogP contribution in [0.3, 0.4) is 0 Å². The number of rotatable bonds is 6. The first-order chi connectivity index (χ1) is 16.0. The van der Waals surface area contributed by atoms with Crippen molar-refractivity contribution in [3.8, 4) is 0 Å². The summed E-state index contributed by atoms with van der Waals surface area (Å²) >= 11 is 5.95. The second-order valence-electron chi connectivity index (χ2n) is 10.8. The Labute approximate surface area is 211 Å². The van der Waals surface area contributed by atoms with Crippen LogP contribution in [-0.2, 0) is 19.0 Å². The fourth-order valence-electron chi connectivity index (χ4n) is 4.51. The van der Waals surface area contributed by atoms with Gasteiger partial charge in [0.25, 0.3) is 0 Å². The second kappa shape index (κ2) is 9.82. The maximum absolute atomic E-state index is 15.3. The minimum atomic E-state index is -4.51. The maximum atomic E-state index is 15.3. The third kappa shape index (κ3) is 5.07. The standard InChI is InChI=1S/C25H32ClF3O4SSi/c1-24(2,3)35(4,5)33-15-16-14-18(30)12-13-25(16,22-20(27)10-11-21(28)23(22)29)34(31,32)19-8-6-17(26)7-9-19/h6-11,16,18,30H,12-15H2,1-5H3/t16-,18-,25+/m0/s1. The smallest absolute Gasteiger partial charge is 0.191 e. The quantitative estimate of drug-likeness (QED) is 0.326. The van der Waals surface area contributed by atoms with Gasteiger partial charge >= 0.3 is 0 Å². The Balaban J connectivity index is 2.29. The zero-order valence-corrected chi connectivity index (χ0v) is 23.1. The molecule has 2 aromatic rings. The van der Waals surface area contributed by atoms with Gasteiger partial charge in [0.2, 0.25) is 0 Å². The van der Waals surface area contributed by atoms with Gasteiger partial charge in [-0.05, 0) is 73.8 Å². The van der Waals surface area contributed by atoms with Crippen molar-refractivity contribution in [2.24, 2.45) is 5.92 Å². The normalized spacial score (nSPS) is 23.9. The summed E-state index contributed by atoms with van der Waals surface area (Å²) in [6.45, 7) is 9.83.